The van der Waals surface area contributed by atoms with Crippen molar-refractivity contribution in [1.29, 1.82) is 0 Å². The van der Waals surface area contributed by atoms with Gasteiger partial charge < -0.3 is 15.4 Å². The van der Waals surface area contributed by atoms with Crippen molar-refractivity contribution in [3.63, 3.8) is 0 Å². The van der Waals surface area contributed by atoms with Crippen LogP contribution in [0.4, 0.5) is 13.6 Å². The lowest BCUT2D eigenvalue weighted by atomic mass is 10.0. The molecule has 3 N–H and O–H groups in total. The number of hydrogen-bond acceptors (Lipinski definition) is 4. The minimum absolute atomic E-state index is 0.00303. The second kappa shape index (κ2) is 6.63. The number of nitrogens with zero attached hydrogens (tertiary/aromatic N) is 2. The van der Waals surface area contributed by atoms with E-state index in [1.807, 2.05) is 0 Å². The van der Waals surface area contributed by atoms with Gasteiger partial charge in [-0.3, -0.25) is 4.79 Å². The molecule has 0 radical (unpaired) electrons. The van der Waals surface area contributed by atoms with E-state index in [9.17, 15) is 18.4 Å². The van der Waals surface area contributed by atoms with Crippen LogP contribution in [0, 0.1) is 11.6 Å². The summed E-state index contributed by atoms with van der Waals surface area (Å²) in [6, 6.07) is 4.95. The quantitative estimate of drug-likeness (QED) is 0.671. The van der Waals surface area contributed by atoms with Crippen LogP contribution < -0.4 is 10.9 Å². The van der Waals surface area contributed by atoms with Gasteiger partial charge in [-0.15, -0.1) is 0 Å². The van der Waals surface area contributed by atoms with Gasteiger partial charge in [0.1, 0.15) is 17.5 Å². The highest BCUT2D eigenvalue weighted by Crippen LogP contribution is 2.18. The molecule has 0 fully saturated rings. The zero-order chi connectivity index (χ0) is 18.0. The molecule has 0 saturated carbocycles. The molecular formula is C16H12F2N4O3. The Hall–Kier alpha value is -3.36. The number of H-pyrrole nitrogens is 1. The van der Waals surface area contributed by atoms with Gasteiger partial charge in [0.25, 0.3) is 5.56 Å². The maximum Gasteiger partial charge on any atom is 0.405 e. The van der Waals surface area contributed by atoms with E-state index in [0.29, 0.717) is 6.07 Å². The van der Waals surface area contributed by atoms with Gasteiger partial charge in [-0.25, -0.2) is 23.5 Å². The van der Waals surface area contributed by atoms with E-state index in [-0.39, 0.29) is 28.8 Å². The third kappa shape index (κ3) is 3.77. The van der Waals surface area contributed by atoms with Gasteiger partial charge in [0.15, 0.2) is 5.65 Å². The first-order chi connectivity index (χ1) is 11.9. The summed E-state index contributed by atoms with van der Waals surface area (Å²) in [7, 11) is 0. The molecule has 128 valence electrons. The Morgan fingerprint density at radius 3 is 2.68 bits per heavy atom. The fourth-order valence-electron chi connectivity index (χ4n) is 2.48. The lowest BCUT2D eigenvalue weighted by Gasteiger charge is -2.16. The minimum Gasteiger partial charge on any atom is -0.465 e. The van der Waals surface area contributed by atoms with Crippen LogP contribution in [0.15, 0.2) is 41.3 Å². The molecule has 2 aromatic heterocycles. The number of pyridine rings is 1. The molecule has 1 atom stereocenters. The fraction of sp³-hybridized carbons (Fsp3) is 0.125. The molecule has 1 amide bonds. The largest absolute Gasteiger partial charge is 0.465 e. The van der Waals surface area contributed by atoms with Crippen molar-refractivity contribution in [3.05, 3.63) is 69.9 Å². The topological polar surface area (TPSA) is 108 Å². The van der Waals surface area contributed by atoms with Gasteiger partial charge in [0, 0.05) is 18.7 Å². The number of carboxylic acid groups (broad SMARTS) is 1. The smallest absolute Gasteiger partial charge is 0.405 e. The van der Waals surface area contributed by atoms with Crippen LogP contribution >= 0.6 is 0 Å². The molecule has 0 aliphatic heterocycles. The normalized spacial score (nSPS) is 12.1. The summed E-state index contributed by atoms with van der Waals surface area (Å²) in [5.41, 5.74) is -0.139. The van der Waals surface area contributed by atoms with E-state index >= 15 is 0 Å². The first-order valence-corrected chi connectivity index (χ1v) is 7.22. The number of benzene rings is 1. The Balaban J connectivity index is 2.03. The van der Waals surface area contributed by atoms with Gasteiger partial charge in [0.2, 0.25) is 0 Å². The molecule has 1 aromatic carbocycles. The molecule has 0 spiro atoms. The zero-order valence-corrected chi connectivity index (χ0v) is 12.7. The molecular weight excluding hydrogens is 334 g/mol. The van der Waals surface area contributed by atoms with Crippen molar-refractivity contribution in [2.75, 3.05) is 0 Å². The van der Waals surface area contributed by atoms with Crippen molar-refractivity contribution in [2.24, 2.45) is 0 Å². The van der Waals surface area contributed by atoms with Gasteiger partial charge in [0.05, 0.1) is 11.4 Å². The van der Waals surface area contributed by atoms with E-state index in [4.69, 9.17) is 5.11 Å². The number of hydrogen-bond donors (Lipinski definition) is 3. The Labute approximate surface area is 139 Å². The van der Waals surface area contributed by atoms with E-state index < -0.39 is 29.3 Å². The molecule has 3 rings (SSSR count). The van der Waals surface area contributed by atoms with Crippen LogP contribution in [0.25, 0.3) is 11.0 Å². The number of halogens is 2. The minimum atomic E-state index is -1.37. The fourth-order valence-corrected chi connectivity index (χ4v) is 2.48. The lowest BCUT2D eigenvalue weighted by molar-refractivity contribution is 0.189. The Bertz CT molecular complexity index is 986. The predicted octanol–water partition coefficient (Wildman–Crippen LogP) is 2.15. The average molecular weight is 346 g/mol. The SMILES string of the molecule is O=C(O)NC(Cc1cc(F)cc(F)c1)c1nc2ncccc2c(=O)[nH]1. The highest BCUT2D eigenvalue weighted by atomic mass is 19.1. The van der Waals surface area contributed by atoms with Crippen molar-refractivity contribution in [2.45, 2.75) is 12.5 Å². The van der Waals surface area contributed by atoms with Crippen LogP contribution in [0.2, 0.25) is 0 Å². The van der Waals surface area contributed by atoms with Crippen LogP contribution in [0.5, 0.6) is 0 Å². The van der Waals surface area contributed by atoms with Crippen molar-refractivity contribution >= 4 is 17.1 Å². The molecule has 25 heavy (non-hydrogen) atoms. The first-order valence-electron chi connectivity index (χ1n) is 7.22. The second-order valence-electron chi connectivity index (χ2n) is 5.31. The van der Waals surface area contributed by atoms with Gasteiger partial charge in [-0.1, -0.05) is 0 Å². The van der Waals surface area contributed by atoms with E-state index in [1.165, 1.54) is 12.3 Å². The summed E-state index contributed by atoms with van der Waals surface area (Å²) >= 11 is 0. The molecule has 0 saturated heterocycles. The lowest BCUT2D eigenvalue weighted by Crippen LogP contribution is -2.31. The molecule has 0 bridgehead atoms. The third-order valence-corrected chi connectivity index (χ3v) is 3.49. The van der Waals surface area contributed by atoms with Crippen LogP contribution in [-0.4, -0.2) is 26.2 Å². The Morgan fingerprint density at radius 1 is 1.28 bits per heavy atom. The van der Waals surface area contributed by atoms with Crippen LogP contribution in [0.3, 0.4) is 0 Å². The number of rotatable bonds is 4. The van der Waals surface area contributed by atoms with Crippen molar-refractivity contribution in [1.82, 2.24) is 20.3 Å². The van der Waals surface area contributed by atoms with Crippen molar-refractivity contribution < 1.29 is 18.7 Å². The number of amides is 1. The highest BCUT2D eigenvalue weighted by Gasteiger charge is 2.19. The van der Waals surface area contributed by atoms with Gasteiger partial charge in [-0.2, -0.15) is 0 Å². The maximum atomic E-state index is 13.4. The summed E-state index contributed by atoms with van der Waals surface area (Å²) in [6.45, 7) is 0. The summed E-state index contributed by atoms with van der Waals surface area (Å²) in [5, 5.41) is 11.5. The van der Waals surface area contributed by atoms with Gasteiger partial charge in [-0.05, 0) is 29.8 Å². The number of aromatic amines is 1. The molecule has 7 nitrogen and oxygen atoms in total. The summed E-state index contributed by atoms with van der Waals surface area (Å²) < 4.78 is 26.7. The summed E-state index contributed by atoms with van der Waals surface area (Å²) in [5.74, 6) is -1.57. The predicted molar refractivity (Wildman–Crippen MR) is 84.1 cm³/mol. The molecule has 1 unspecified atom stereocenters. The van der Waals surface area contributed by atoms with Crippen LogP contribution in [0.1, 0.15) is 17.4 Å². The molecule has 0 aliphatic carbocycles. The Morgan fingerprint density at radius 2 is 2.00 bits per heavy atom. The van der Waals surface area contributed by atoms with E-state index in [1.54, 1.807) is 6.07 Å². The number of carbonyl (C=O) groups is 1. The highest BCUT2D eigenvalue weighted by molar-refractivity contribution is 5.73. The molecule has 9 heteroatoms. The number of aromatic nitrogens is 3. The monoisotopic (exact) mass is 346 g/mol. The number of nitrogens with one attached hydrogen (secondary N) is 2. The van der Waals surface area contributed by atoms with Gasteiger partial charge >= 0.3 is 6.09 Å². The Kier molecular flexibility index (Phi) is 4.38. The number of fused-ring (bicyclic) bond motifs is 1. The first kappa shape index (κ1) is 16.5. The van der Waals surface area contributed by atoms with Crippen molar-refractivity contribution in [3.8, 4) is 0 Å². The standard InChI is InChI=1S/C16H12F2N4O3/c17-9-4-8(5-10(18)7-9)6-12(20-16(24)25)14-21-13-11(15(23)22-14)2-1-3-19-13/h1-5,7,12,20H,6H2,(H,24,25)(H,19,21,22,23). The zero-order valence-electron chi connectivity index (χ0n) is 12.7. The maximum absolute atomic E-state index is 13.4. The molecule has 2 heterocycles. The summed E-state index contributed by atoms with van der Waals surface area (Å²) in [6.07, 6.45) is -0.0341. The second-order valence-corrected chi connectivity index (χ2v) is 5.31. The van der Waals surface area contributed by atoms with Crippen LogP contribution in [-0.2, 0) is 6.42 Å². The summed E-state index contributed by atoms with van der Waals surface area (Å²) in [4.78, 5) is 33.8. The van der Waals surface area contributed by atoms with E-state index in [0.717, 1.165) is 12.1 Å². The third-order valence-electron chi connectivity index (χ3n) is 3.49. The van der Waals surface area contributed by atoms with E-state index in [2.05, 4.69) is 20.3 Å². The molecule has 3 aromatic rings. The molecule has 0 aliphatic rings. The average Bonchev–Trinajstić information content (AvgIpc) is 2.53.